The maximum Gasteiger partial charge on any atom is 0.243 e. The van der Waals surface area contributed by atoms with Crippen molar-refractivity contribution >= 4 is 11.6 Å². The van der Waals surface area contributed by atoms with E-state index < -0.39 is 0 Å². The van der Waals surface area contributed by atoms with Gasteiger partial charge in [0.05, 0.1) is 12.2 Å². The molecule has 0 aliphatic heterocycles. The Bertz CT molecular complexity index is 681. The van der Waals surface area contributed by atoms with Crippen molar-refractivity contribution < 1.29 is 0 Å². The number of nitrogens with one attached hydrogen (secondary N) is 1. The predicted molar refractivity (Wildman–Crippen MR) is 68.3 cm³/mol. The van der Waals surface area contributed by atoms with Gasteiger partial charge in [-0.25, -0.2) is 4.52 Å². The van der Waals surface area contributed by atoms with Gasteiger partial charge in [-0.2, -0.15) is 10.1 Å². The zero-order chi connectivity index (χ0) is 12.5. The van der Waals surface area contributed by atoms with Gasteiger partial charge in [0.25, 0.3) is 0 Å². The number of aromatic nitrogens is 5. The van der Waals surface area contributed by atoms with E-state index in [0.29, 0.717) is 12.5 Å². The topological polar surface area (TPSA) is 60.0 Å². The Morgan fingerprint density at radius 2 is 2.11 bits per heavy atom. The van der Waals surface area contributed by atoms with E-state index in [2.05, 4.69) is 20.5 Å². The number of aryl methyl sites for hydroxylation is 2. The molecule has 0 aromatic carbocycles. The minimum atomic E-state index is 0.617. The van der Waals surface area contributed by atoms with Gasteiger partial charge in [0.2, 0.25) is 5.95 Å². The first-order chi connectivity index (χ1) is 8.70. The minimum absolute atomic E-state index is 0.617. The number of anilines is 1. The highest BCUT2D eigenvalue weighted by Crippen LogP contribution is 2.08. The lowest BCUT2D eigenvalue weighted by molar-refractivity contribution is 0.746. The van der Waals surface area contributed by atoms with Gasteiger partial charge in [0.1, 0.15) is 0 Å². The summed E-state index contributed by atoms with van der Waals surface area (Å²) in [5.41, 5.74) is 2.98. The summed E-state index contributed by atoms with van der Waals surface area (Å²) in [4.78, 5) is 4.40. The number of rotatable bonds is 3. The summed E-state index contributed by atoms with van der Waals surface area (Å²) >= 11 is 0. The summed E-state index contributed by atoms with van der Waals surface area (Å²) in [6.07, 6.45) is 3.82. The molecule has 0 aliphatic carbocycles. The van der Waals surface area contributed by atoms with Crippen molar-refractivity contribution in [2.24, 2.45) is 7.05 Å². The summed E-state index contributed by atoms with van der Waals surface area (Å²) in [5, 5.41) is 11.8. The Balaban J connectivity index is 1.78. The van der Waals surface area contributed by atoms with Crippen LogP contribution in [0, 0.1) is 6.92 Å². The maximum absolute atomic E-state index is 4.40. The van der Waals surface area contributed by atoms with Crippen molar-refractivity contribution in [3.63, 3.8) is 0 Å². The third-order valence-electron chi connectivity index (χ3n) is 2.69. The molecular weight excluding hydrogens is 228 g/mol. The van der Waals surface area contributed by atoms with E-state index in [-0.39, 0.29) is 0 Å². The van der Waals surface area contributed by atoms with E-state index in [4.69, 9.17) is 0 Å². The Morgan fingerprint density at radius 1 is 1.22 bits per heavy atom. The number of pyridine rings is 1. The smallest absolute Gasteiger partial charge is 0.243 e. The van der Waals surface area contributed by atoms with E-state index in [9.17, 15) is 0 Å². The first kappa shape index (κ1) is 10.8. The molecule has 0 saturated heterocycles. The molecule has 6 nitrogen and oxygen atoms in total. The van der Waals surface area contributed by atoms with Crippen LogP contribution in [-0.4, -0.2) is 24.4 Å². The summed E-state index contributed by atoms with van der Waals surface area (Å²) in [7, 11) is 1.90. The molecule has 3 heterocycles. The van der Waals surface area contributed by atoms with E-state index in [1.165, 1.54) is 5.56 Å². The van der Waals surface area contributed by atoms with Crippen molar-refractivity contribution in [2.45, 2.75) is 13.5 Å². The number of nitrogens with zero attached hydrogens (tertiary/aromatic N) is 5. The summed E-state index contributed by atoms with van der Waals surface area (Å²) in [6.45, 7) is 2.66. The second kappa shape index (κ2) is 4.14. The molecule has 0 bridgehead atoms. The molecule has 0 amide bonds. The molecule has 0 radical (unpaired) electrons. The monoisotopic (exact) mass is 242 g/mol. The van der Waals surface area contributed by atoms with E-state index in [0.717, 1.165) is 11.3 Å². The van der Waals surface area contributed by atoms with Crippen molar-refractivity contribution in [2.75, 3.05) is 5.32 Å². The van der Waals surface area contributed by atoms with E-state index >= 15 is 0 Å². The predicted octanol–water partition coefficient (Wildman–Crippen LogP) is 1.38. The third kappa shape index (κ3) is 2.04. The Morgan fingerprint density at radius 3 is 2.89 bits per heavy atom. The Hall–Kier alpha value is -2.37. The second-order valence-electron chi connectivity index (χ2n) is 4.28. The van der Waals surface area contributed by atoms with Crippen LogP contribution in [0.25, 0.3) is 5.65 Å². The minimum Gasteiger partial charge on any atom is -0.347 e. The highest BCUT2D eigenvalue weighted by atomic mass is 15.3. The quantitative estimate of drug-likeness (QED) is 0.754. The van der Waals surface area contributed by atoms with Crippen LogP contribution < -0.4 is 5.32 Å². The average molecular weight is 242 g/mol. The lowest BCUT2D eigenvalue weighted by Gasteiger charge is -1.96. The molecule has 0 saturated carbocycles. The van der Waals surface area contributed by atoms with Crippen LogP contribution in [0.3, 0.4) is 0 Å². The molecule has 0 aliphatic rings. The standard InChI is InChI=1S/C12H14N6/c1-9-3-6-18-11(7-9)14-12(16-18)13-8-10-4-5-17(2)15-10/h3-7H,8H2,1-2H3,(H,13,16). The fourth-order valence-corrected chi connectivity index (χ4v) is 1.79. The van der Waals surface area contributed by atoms with Gasteiger partial charge in [-0.3, -0.25) is 4.68 Å². The molecule has 3 aromatic heterocycles. The highest BCUT2D eigenvalue weighted by Gasteiger charge is 2.04. The molecular formula is C12H14N6. The lowest BCUT2D eigenvalue weighted by Crippen LogP contribution is -2.02. The molecule has 6 heteroatoms. The van der Waals surface area contributed by atoms with Gasteiger partial charge in [0, 0.05) is 19.4 Å². The first-order valence-electron chi connectivity index (χ1n) is 5.76. The zero-order valence-corrected chi connectivity index (χ0v) is 10.3. The van der Waals surface area contributed by atoms with Crippen LogP contribution in [0.15, 0.2) is 30.6 Å². The molecule has 0 spiro atoms. The van der Waals surface area contributed by atoms with Gasteiger partial charge in [-0.15, -0.1) is 5.10 Å². The molecule has 92 valence electrons. The van der Waals surface area contributed by atoms with Gasteiger partial charge in [-0.05, 0) is 30.7 Å². The lowest BCUT2D eigenvalue weighted by atomic mass is 10.3. The van der Waals surface area contributed by atoms with Crippen LogP contribution >= 0.6 is 0 Å². The van der Waals surface area contributed by atoms with Crippen LogP contribution in [-0.2, 0) is 13.6 Å². The van der Waals surface area contributed by atoms with E-state index in [1.54, 1.807) is 9.20 Å². The molecule has 3 aromatic rings. The second-order valence-corrected chi connectivity index (χ2v) is 4.28. The number of hydrogen-bond donors (Lipinski definition) is 1. The van der Waals surface area contributed by atoms with Gasteiger partial charge >= 0.3 is 0 Å². The molecule has 1 N–H and O–H groups in total. The third-order valence-corrected chi connectivity index (χ3v) is 2.69. The molecule has 0 atom stereocenters. The number of hydrogen-bond acceptors (Lipinski definition) is 4. The number of fused-ring (bicyclic) bond motifs is 1. The average Bonchev–Trinajstić information content (AvgIpc) is 2.92. The largest absolute Gasteiger partial charge is 0.347 e. The van der Waals surface area contributed by atoms with Crippen molar-refractivity contribution in [3.8, 4) is 0 Å². The SMILES string of the molecule is Cc1ccn2nc(NCc3ccn(C)n3)nc2c1. The van der Waals surface area contributed by atoms with Crippen molar-refractivity contribution in [1.82, 2.24) is 24.4 Å². The Kier molecular flexibility index (Phi) is 2.47. The fraction of sp³-hybridized carbons (Fsp3) is 0.250. The highest BCUT2D eigenvalue weighted by molar-refractivity contribution is 5.45. The summed E-state index contributed by atoms with van der Waals surface area (Å²) in [5.74, 6) is 0.617. The maximum atomic E-state index is 4.40. The zero-order valence-electron chi connectivity index (χ0n) is 10.3. The van der Waals surface area contributed by atoms with Crippen LogP contribution in [0.1, 0.15) is 11.3 Å². The van der Waals surface area contributed by atoms with Gasteiger partial charge in [0.15, 0.2) is 5.65 Å². The molecule has 0 unspecified atom stereocenters. The fourth-order valence-electron chi connectivity index (χ4n) is 1.79. The van der Waals surface area contributed by atoms with Crippen LogP contribution in [0.5, 0.6) is 0 Å². The molecule has 3 rings (SSSR count). The summed E-state index contributed by atoms with van der Waals surface area (Å²) < 4.78 is 3.53. The van der Waals surface area contributed by atoms with E-state index in [1.807, 2.05) is 44.6 Å². The summed E-state index contributed by atoms with van der Waals surface area (Å²) in [6, 6.07) is 5.97. The van der Waals surface area contributed by atoms with Crippen molar-refractivity contribution in [1.29, 1.82) is 0 Å². The van der Waals surface area contributed by atoms with Gasteiger partial charge in [-0.1, -0.05) is 0 Å². The van der Waals surface area contributed by atoms with Crippen LogP contribution in [0.4, 0.5) is 5.95 Å². The normalized spacial score (nSPS) is 11.0. The van der Waals surface area contributed by atoms with Crippen LogP contribution in [0.2, 0.25) is 0 Å². The van der Waals surface area contributed by atoms with Crippen molar-refractivity contribution in [3.05, 3.63) is 41.9 Å². The first-order valence-corrected chi connectivity index (χ1v) is 5.76. The van der Waals surface area contributed by atoms with Gasteiger partial charge < -0.3 is 5.32 Å². The Labute approximate surface area is 104 Å². The molecule has 18 heavy (non-hydrogen) atoms. The molecule has 0 fully saturated rings.